The molecule has 1 rings (SSSR count). The number of nitrogens with zero attached hydrogens (tertiary/aromatic N) is 1. The minimum Gasteiger partial charge on any atom is -0.494 e. The highest BCUT2D eigenvalue weighted by Crippen LogP contribution is 2.16. The lowest BCUT2D eigenvalue weighted by Crippen LogP contribution is -2.34. The molecule has 1 aromatic rings. The van der Waals surface area contributed by atoms with Crippen molar-refractivity contribution in [1.29, 1.82) is 0 Å². The van der Waals surface area contributed by atoms with E-state index < -0.39 is 18.8 Å². The Morgan fingerprint density at radius 3 is 2.48 bits per heavy atom. The molecule has 0 saturated heterocycles. The van der Waals surface area contributed by atoms with Gasteiger partial charge in [-0.05, 0) is 51.2 Å². The number of carbonyl (C=O) groups is 1. The third-order valence-electron chi connectivity index (χ3n) is 2.87. The van der Waals surface area contributed by atoms with E-state index in [9.17, 15) is 18.0 Å². The first-order valence-corrected chi connectivity index (χ1v) is 7.33. The summed E-state index contributed by atoms with van der Waals surface area (Å²) in [6.07, 6.45) is -3.77. The van der Waals surface area contributed by atoms with Gasteiger partial charge in [-0.2, -0.15) is 13.2 Å². The molecule has 8 heteroatoms. The molecule has 1 aromatic carbocycles. The molecule has 0 fully saturated rings. The predicted molar refractivity (Wildman–Crippen MR) is 82.8 cm³/mol. The topological polar surface area (TPSA) is 53.6 Å². The number of amides is 2. The van der Waals surface area contributed by atoms with Gasteiger partial charge >= 0.3 is 12.2 Å². The lowest BCUT2D eigenvalue weighted by molar-refractivity contribution is -0.143. The van der Waals surface area contributed by atoms with Gasteiger partial charge in [0.15, 0.2) is 0 Å². The zero-order valence-corrected chi connectivity index (χ0v) is 13.2. The van der Waals surface area contributed by atoms with E-state index in [1.165, 1.54) is 11.9 Å². The molecule has 0 aliphatic rings. The van der Waals surface area contributed by atoms with E-state index in [2.05, 4.69) is 10.6 Å². The summed E-state index contributed by atoms with van der Waals surface area (Å²) < 4.78 is 41.7. The summed E-state index contributed by atoms with van der Waals surface area (Å²) in [7, 11) is 1.40. The fourth-order valence-electron chi connectivity index (χ4n) is 1.91. The van der Waals surface area contributed by atoms with Crippen LogP contribution < -0.4 is 15.4 Å². The molecule has 5 nitrogen and oxygen atoms in total. The van der Waals surface area contributed by atoms with Crippen molar-refractivity contribution in [2.45, 2.75) is 19.5 Å². The van der Waals surface area contributed by atoms with E-state index >= 15 is 0 Å². The van der Waals surface area contributed by atoms with E-state index in [4.69, 9.17) is 4.74 Å². The van der Waals surface area contributed by atoms with Crippen LogP contribution in [0.2, 0.25) is 0 Å². The highest BCUT2D eigenvalue weighted by atomic mass is 19.4. The minimum absolute atomic E-state index is 0.253. The van der Waals surface area contributed by atoms with Crippen molar-refractivity contribution in [3.8, 4) is 5.75 Å². The molecule has 0 unspecified atom stereocenters. The molecule has 0 atom stereocenters. The number of hydrogen-bond acceptors (Lipinski definition) is 3. The number of ether oxygens (including phenoxy) is 1. The first-order valence-electron chi connectivity index (χ1n) is 7.33. The Labute approximate surface area is 133 Å². The molecule has 0 heterocycles. The average Bonchev–Trinajstić information content (AvgIpc) is 2.44. The standard InChI is InChI=1S/C15H22F3N3O2/c1-3-23-13-7-5-12(6-8-13)20-14(22)19-9-4-10-21(2)11-15(16,17)18/h5-8H,3-4,9-11H2,1-2H3,(H2,19,20,22). The molecule has 2 amide bonds. The molecular formula is C15H22F3N3O2. The van der Waals surface area contributed by atoms with Gasteiger partial charge in [0.2, 0.25) is 0 Å². The number of hydrogen-bond donors (Lipinski definition) is 2. The highest BCUT2D eigenvalue weighted by molar-refractivity contribution is 5.89. The van der Waals surface area contributed by atoms with Crippen LogP contribution in [0.4, 0.5) is 23.7 Å². The van der Waals surface area contributed by atoms with Gasteiger partial charge in [-0.3, -0.25) is 4.90 Å². The molecule has 0 spiro atoms. The van der Waals surface area contributed by atoms with Gasteiger partial charge in [0.1, 0.15) is 5.75 Å². The fourth-order valence-corrected chi connectivity index (χ4v) is 1.91. The normalized spacial score (nSPS) is 11.4. The van der Waals surface area contributed by atoms with Gasteiger partial charge in [0.05, 0.1) is 13.2 Å². The Hall–Kier alpha value is -1.96. The van der Waals surface area contributed by atoms with Crippen LogP contribution in [0.1, 0.15) is 13.3 Å². The van der Waals surface area contributed by atoms with Crippen LogP contribution in [-0.4, -0.2) is 50.4 Å². The number of alkyl halides is 3. The maximum absolute atomic E-state index is 12.1. The number of halogens is 3. The van der Waals surface area contributed by atoms with Crippen molar-refractivity contribution < 1.29 is 22.7 Å². The molecular weight excluding hydrogens is 311 g/mol. The number of nitrogens with one attached hydrogen (secondary N) is 2. The van der Waals surface area contributed by atoms with Crippen molar-refractivity contribution in [2.24, 2.45) is 0 Å². The third-order valence-corrected chi connectivity index (χ3v) is 2.87. The number of rotatable bonds is 8. The largest absolute Gasteiger partial charge is 0.494 e. The van der Waals surface area contributed by atoms with E-state index in [1.807, 2.05) is 6.92 Å². The van der Waals surface area contributed by atoms with Gasteiger partial charge in [0, 0.05) is 12.2 Å². The number of carbonyl (C=O) groups excluding carboxylic acids is 1. The molecule has 0 aliphatic heterocycles. The first-order chi connectivity index (χ1) is 10.8. The summed E-state index contributed by atoms with van der Waals surface area (Å²) in [5.41, 5.74) is 0.611. The summed E-state index contributed by atoms with van der Waals surface area (Å²) in [4.78, 5) is 12.8. The minimum atomic E-state index is -4.20. The summed E-state index contributed by atoms with van der Waals surface area (Å²) in [6, 6.07) is 6.51. The van der Waals surface area contributed by atoms with Gasteiger partial charge in [-0.25, -0.2) is 4.79 Å². The van der Waals surface area contributed by atoms with Crippen LogP contribution in [0.5, 0.6) is 5.75 Å². The molecule has 0 radical (unpaired) electrons. The van der Waals surface area contributed by atoms with Crippen molar-refractivity contribution in [3.05, 3.63) is 24.3 Å². The Bertz CT molecular complexity index is 478. The molecule has 0 aromatic heterocycles. The fraction of sp³-hybridized carbons (Fsp3) is 0.533. The average molecular weight is 333 g/mol. The van der Waals surface area contributed by atoms with Crippen molar-refractivity contribution in [1.82, 2.24) is 10.2 Å². The van der Waals surface area contributed by atoms with Crippen LogP contribution in [-0.2, 0) is 0 Å². The second kappa shape index (κ2) is 9.24. The summed E-state index contributed by atoms with van der Waals surface area (Å²) >= 11 is 0. The smallest absolute Gasteiger partial charge is 0.401 e. The molecule has 0 aliphatic carbocycles. The number of anilines is 1. The zero-order valence-electron chi connectivity index (χ0n) is 13.2. The summed E-state index contributed by atoms with van der Waals surface area (Å²) in [6.45, 7) is 2.04. The van der Waals surface area contributed by atoms with Crippen LogP contribution in [0.15, 0.2) is 24.3 Å². The predicted octanol–water partition coefficient (Wildman–Crippen LogP) is 3.09. The van der Waals surface area contributed by atoms with Crippen molar-refractivity contribution in [3.63, 3.8) is 0 Å². The van der Waals surface area contributed by atoms with E-state index in [1.54, 1.807) is 24.3 Å². The second-order valence-corrected chi connectivity index (χ2v) is 5.04. The molecule has 0 saturated carbocycles. The Morgan fingerprint density at radius 2 is 1.91 bits per heavy atom. The van der Waals surface area contributed by atoms with Gasteiger partial charge in [0.25, 0.3) is 0 Å². The monoisotopic (exact) mass is 333 g/mol. The molecule has 0 bridgehead atoms. The Morgan fingerprint density at radius 1 is 1.26 bits per heavy atom. The molecule has 2 N–H and O–H groups in total. The quantitative estimate of drug-likeness (QED) is 0.719. The Kier molecular flexibility index (Phi) is 7.67. The summed E-state index contributed by atoms with van der Waals surface area (Å²) in [5, 5.41) is 5.24. The van der Waals surface area contributed by atoms with Crippen LogP contribution in [0.3, 0.4) is 0 Å². The van der Waals surface area contributed by atoms with Crippen molar-refractivity contribution >= 4 is 11.7 Å². The van der Waals surface area contributed by atoms with Gasteiger partial charge in [-0.15, -0.1) is 0 Å². The maximum atomic E-state index is 12.1. The van der Waals surface area contributed by atoms with Crippen LogP contribution in [0, 0.1) is 0 Å². The first kappa shape index (κ1) is 19.1. The van der Waals surface area contributed by atoms with Crippen molar-refractivity contribution in [2.75, 3.05) is 38.6 Å². The maximum Gasteiger partial charge on any atom is 0.401 e. The summed E-state index contributed by atoms with van der Waals surface area (Å²) in [5.74, 6) is 0.714. The number of urea groups is 1. The lowest BCUT2D eigenvalue weighted by atomic mass is 10.3. The van der Waals surface area contributed by atoms with Gasteiger partial charge in [-0.1, -0.05) is 0 Å². The highest BCUT2D eigenvalue weighted by Gasteiger charge is 2.28. The SMILES string of the molecule is CCOc1ccc(NC(=O)NCCCN(C)CC(F)(F)F)cc1. The molecule has 130 valence electrons. The third kappa shape index (κ3) is 8.92. The van der Waals surface area contributed by atoms with E-state index in [-0.39, 0.29) is 6.54 Å². The number of benzene rings is 1. The lowest BCUT2D eigenvalue weighted by Gasteiger charge is -2.18. The zero-order chi connectivity index (χ0) is 17.3. The second-order valence-electron chi connectivity index (χ2n) is 5.04. The van der Waals surface area contributed by atoms with Crippen LogP contribution >= 0.6 is 0 Å². The molecule has 23 heavy (non-hydrogen) atoms. The van der Waals surface area contributed by atoms with Gasteiger partial charge < -0.3 is 15.4 Å². The van der Waals surface area contributed by atoms with E-state index in [0.29, 0.717) is 31.0 Å². The Balaban J connectivity index is 2.21. The van der Waals surface area contributed by atoms with Crippen LogP contribution in [0.25, 0.3) is 0 Å². The van der Waals surface area contributed by atoms with E-state index in [0.717, 1.165) is 0 Å².